The van der Waals surface area contributed by atoms with Crippen molar-refractivity contribution in [2.75, 3.05) is 27.7 Å². The Morgan fingerprint density at radius 3 is 2.29 bits per heavy atom. The van der Waals surface area contributed by atoms with Gasteiger partial charge in [0.1, 0.15) is 17.2 Å². The number of carbonyl (C=O) groups is 3. The first-order chi connectivity index (χ1) is 18.0. The number of aromatic hydroxyl groups is 1. The third-order valence-corrected chi connectivity index (χ3v) is 7.91. The first-order valence-corrected chi connectivity index (χ1v) is 12.7. The molecule has 3 heterocycles. The minimum Gasteiger partial charge on any atom is -0.501 e. The first-order valence-electron chi connectivity index (χ1n) is 12.7. The molecule has 0 atom stereocenters. The molecular formula is C27H33FN4O6. The van der Waals surface area contributed by atoms with Gasteiger partial charge in [0.2, 0.25) is 5.75 Å². The van der Waals surface area contributed by atoms with Crippen LogP contribution < -0.4 is 5.56 Å². The van der Waals surface area contributed by atoms with Crippen LogP contribution in [0.1, 0.15) is 60.9 Å². The molecule has 1 fully saturated rings. The van der Waals surface area contributed by atoms with Crippen molar-refractivity contribution >= 4 is 17.6 Å². The Bertz CT molecular complexity index is 1310. The summed E-state index contributed by atoms with van der Waals surface area (Å²) < 4.78 is 20.4. The molecule has 2 aromatic rings. The van der Waals surface area contributed by atoms with Gasteiger partial charge in [0, 0.05) is 34.2 Å². The summed E-state index contributed by atoms with van der Waals surface area (Å²) in [6, 6.07) is 5.71. The van der Waals surface area contributed by atoms with E-state index < -0.39 is 45.9 Å². The molecule has 1 aromatic heterocycles. The lowest BCUT2D eigenvalue weighted by Gasteiger charge is -2.47. The highest BCUT2D eigenvalue weighted by Crippen LogP contribution is 2.49. The minimum absolute atomic E-state index is 0.0698. The summed E-state index contributed by atoms with van der Waals surface area (Å²) in [5, 5.41) is 10.8. The number of rotatable bonds is 7. The van der Waals surface area contributed by atoms with Gasteiger partial charge >= 0.3 is 11.8 Å². The Morgan fingerprint density at radius 2 is 1.74 bits per heavy atom. The zero-order valence-corrected chi connectivity index (χ0v) is 22.1. The minimum atomic E-state index is -1.14. The number of aryl methyl sites for hydroxylation is 1. The number of carbonyl (C=O) groups excluding carboxylic acids is 3. The predicted molar refractivity (Wildman–Crippen MR) is 135 cm³/mol. The van der Waals surface area contributed by atoms with Gasteiger partial charge in [-0.2, -0.15) is 0 Å². The fourth-order valence-corrected chi connectivity index (χ4v) is 5.66. The lowest BCUT2D eigenvalue weighted by Crippen LogP contribution is -2.56. The van der Waals surface area contributed by atoms with E-state index in [0.717, 1.165) is 0 Å². The van der Waals surface area contributed by atoms with Gasteiger partial charge in [-0.05, 0) is 56.7 Å². The molecule has 1 aromatic carbocycles. The van der Waals surface area contributed by atoms with Gasteiger partial charge in [-0.15, -0.1) is 0 Å². The Morgan fingerprint density at radius 1 is 1.11 bits per heavy atom. The summed E-state index contributed by atoms with van der Waals surface area (Å²) >= 11 is 0. The van der Waals surface area contributed by atoms with E-state index in [4.69, 9.17) is 4.74 Å². The van der Waals surface area contributed by atoms with E-state index in [1.807, 2.05) is 0 Å². The lowest BCUT2D eigenvalue weighted by atomic mass is 9.73. The molecule has 2 bridgehead atoms. The van der Waals surface area contributed by atoms with E-state index in [1.165, 1.54) is 40.6 Å². The van der Waals surface area contributed by atoms with Crippen LogP contribution in [0.15, 0.2) is 29.1 Å². The second kappa shape index (κ2) is 10.3. The molecule has 0 radical (unpaired) electrons. The van der Waals surface area contributed by atoms with E-state index in [0.29, 0.717) is 31.2 Å². The van der Waals surface area contributed by atoms with Crippen LogP contribution in [0.2, 0.25) is 0 Å². The molecule has 2 amide bonds. The van der Waals surface area contributed by atoms with Gasteiger partial charge in [-0.3, -0.25) is 23.7 Å². The van der Waals surface area contributed by atoms with Crippen molar-refractivity contribution < 1.29 is 28.6 Å². The molecule has 5 rings (SSSR count). The van der Waals surface area contributed by atoms with E-state index in [9.17, 15) is 28.7 Å². The van der Waals surface area contributed by atoms with Crippen molar-refractivity contribution in [3.8, 4) is 5.75 Å². The molecule has 0 saturated heterocycles. The van der Waals surface area contributed by atoms with Crippen LogP contribution in [-0.4, -0.2) is 75.4 Å². The first kappa shape index (κ1) is 27.4. The van der Waals surface area contributed by atoms with Gasteiger partial charge in [0.05, 0.1) is 12.1 Å². The Kier molecular flexibility index (Phi) is 7.42. The zero-order valence-electron chi connectivity index (χ0n) is 22.1. The third kappa shape index (κ3) is 4.59. The third-order valence-electron chi connectivity index (χ3n) is 7.91. The van der Waals surface area contributed by atoms with Gasteiger partial charge in [-0.1, -0.05) is 12.1 Å². The number of amides is 2. The van der Waals surface area contributed by atoms with E-state index >= 15 is 0 Å². The fraction of sp³-hybridized carbons (Fsp3) is 0.519. The highest BCUT2D eigenvalue weighted by molar-refractivity contribution is 6.34. The molecule has 1 aliphatic carbocycles. The Labute approximate surface area is 220 Å². The normalized spacial score (nSPS) is 21.9. The topological polar surface area (TPSA) is 122 Å². The van der Waals surface area contributed by atoms with Crippen molar-refractivity contribution in [3.05, 3.63) is 57.5 Å². The standard InChI is InChI=1S/C27H33FN4O6/c1-5-32(24(37)23(36)30(2)3)27-14-12-26(38-4,13-15-27)16-31-22(35)21(34)20(29-25(27)31)19(33)11-8-17-6-9-18(28)10-7-17/h6-7,9-10,34H,5,8,11-16H2,1-4H3. The molecule has 3 aliphatic rings. The zero-order chi connectivity index (χ0) is 27.8. The summed E-state index contributed by atoms with van der Waals surface area (Å²) in [6.45, 7) is 2.01. The second-order valence-electron chi connectivity index (χ2n) is 10.2. The lowest BCUT2D eigenvalue weighted by molar-refractivity contribution is -0.157. The molecule has 10 nitrogen and oxygen atoms in total. The second-order valence-corrected chi connectivity index (χ2v) is 10.2. The molecule has 0 unspecified atom stereocenters. The molecule has 38 heavy (non-hydrogen) atoms. The number of ketones is 1. The number of methoxy groups -OCH3 is 1. The van der Waals surface area contributed by atoms with E-state index in [-0.39, 0.29) is 37.4 Å². The summed E-state index contributed by atoms with van der Waals surface area (Å²) in [7, 11) is 4.53. The fourth-order valence-electron chi connectivity index (χ4n) is 5.66. The van der Waals surface area contributed by atoms with Crippen LogP contribution in [-0.2, 0) is 32.8 Å². The SMILES string of the molecule is CCN(C(=O)C(=O)N(C)C)C12CCC(OC)(CC1)Cn1c2nc(C(=O)CCc2ccc(F)cc2)c(O)c1=O. The van der Waals surface area contributed by atoms with Gasteiger partial charge in [0.15, 0.2) is 11.5 Å². The number of nitrogens with zero attached hydrogens (tertiary/aromatic N) is 4. The summed E-state index contributed by atoms with van der Waals surface area (Å²) in [5.41, 5.74) is -2.31. The van der Waals surface area contributed by atoms with Crippen LogP contribution in [0.5, 0.6) is 5.75 Å². The van der Waals surface area contributed by atoms with Gasteiger partial charge in [-0.25, -0.2) is 9.37 Å². The number of halogens is 1. The number of hydrogen-bond acceptors (Lipinski definition) is 7. The van der Waals surface area contributed by atoms with Crippen LogP contribution in [0.4, 0.5) is 4.39 Å². The molecule has 1 saturated carbocycles. The highest BCUT2D eigenvalue weighted by atomic mass is 19.1. The van der Waals surface area contributed by atoms with Crippen LogP contribution in [0.25, 0.3) is 0 Å². The summed E-state index contributed by atoms with van der Waals surface area (Å²) in [5.74, 6) is -2.99. The number of hydrogen-bond donors (Lipinski definition) is 1. The maximum absolute atomic E-state index is 13.5. The Hall–Kier alpha value is -3.60. The maximum Gasteiger partial charge on any atom is 0.312 e. The monoisotopic (exact) mass is 528 g/mol. The highest BCUT2D eigenvalue weighted by Gasteiger charge is 2.55. The number of likely N-dealkylation sites (N-methyl/N-ethyl adjacent to an activating group) is 2. The molecule has 2 aliphatic heterocycles. The van der Waals surface area contributed by atoms with Gasteiger partial charge < -0.3 is 19.6 Å². The molecule has 0 spiro atoms. The number of Topliss-reactive ketones (excluding diaryl/α,β-unsaturated/α-hetero) is 1. The van der Waals surface area contributed by atoms with Crippen molar-refractivity contribution in [1.29, 1.82) is 0 Å². The van der Waals surface area contributed by atoms with Crippen LogP contribution >= 0.6 is 0 Å². The average Bonchev–Trinajstić information content (AvgIpc) is 3.14. The number of fused-ring (bicyclic) bond motifs is 2. The largest absolute Gasteiger partial charge is 0.501 e. The number of benzene rings is 1. The molecule has 1 N–H and O–H groups in total. The molecule has 11 heteroatoms. The maximum atomic E-state index is 13.5. The van der Waals surface area contributed by atoms with Crippen molar-refractivity contribution in [2.45, 2.75) is 63.1 Å². The summed E-state index contributed by atoms with van der Waals surface area (Å²) in [4.78, 5) is 60.0. The smallest absolute Gasteiger partial charge is 0.312 e. The quantitative estimate of drug-likeness (QED) is 0.431. The van der Waals surface area contributed by atoms with E-state index in [1.54, 1.807) is 26.2 Å². The van der Waals surface area contributed by atoms with Crippen molar-refractivity contribution in [3.63, 3.8) is 0 Å². The number of ether oxygens (including phenoxy) is 1. The van der Waals surface area contributed by atoms with Gasteiger partial charge in [0.25, 0.3) is 5.56 Å². The molecular weight excluding hydrogens is 495 g/mol. The van der Waals surface area contributed by atoms with E-state index in [2.05, 4.69) is 4.98 Å². The number of aromatic nitrogens is 2. The predicted octanol–water partition coefficient (Wildman–Crippen LogP) is 2.01. The van der Waals surface area contributed by atoms with Crippen LogP contribution in [0, 0.1) is 5.82 Å². The van der Waals surface area contributed by atoms with Crippen molar-refractivity contribution in [1.82, 2.24) is 19.4 Å². The Balaban J connectivity index is 1.82. The van der Waals surface area contributed by atoms with Crippen LogP contribution in [0.3, 0.4) is 0 Å². The average molecular weight is 529 g/mol. The summed E-state index contributed by atoms with van der Waals surface area (Å²) in [6.07, 6.45) is 1.89. The molecule has 204 valence electrons. The van der Waals surface area contributed by atoms with Crippen molar-refractivity contribution in [2.24, 2.45) is 0 Å².